The van der Waals surface area contributed by atoms with Gasteiger partial charge in [-0.05, 0) is 32.0 Å². The van der Waals surface area contributed by atoms with E-state index in [-0.39, 0.29) is 11.3 Å². The molecule has 5 nitrogen and oxygen atoms in total. The van der Waals surface area contributed by atoms with Gasteiger partial charge in [-0.1, -0.05) is 12.1 Å². The zero-order valence-corrected chi connectivity index (χ0v) is 11.6. The highest BCUT2D eigenvalue weighted by atomic mass is 19.1. The van der Waals surface area contributed by atoms with Gasteiger partial charge in [-0.25, -0.2) is 9.18 Å². The van der Waals surface area contributed by atoms with Crippen LogP contribution in [-0.2, 0) is 9.53 Å². The van der Waals surface area contributed by atoms with Crippen molar-refractivity contribution >= 4 is 17.6 Å². The third-order valence-corrected chi connectivity index (χ3v) is 2.86. The van der Waals surface area contributed by atoms with E-state index in [0.717, 1.165) is 0 Å². The third-order valence-electron chi connectivity index (χ3n) is 2.86. The van der Waals surface area contributed by atoms with Gasteiger partial charge < -0.3 is 14.5 Å². The molecular formula is C15H14FNO4. The van der Waals surface area contributed by atoms with E-state index in [1.165, 1.54) is 37.5 Å². The maximum absolute atomic E-state index is 13.4. The number of rotatable bonds is 4. The molecule has 0 aliphatic heterocycles. The van der Waals surface area contributed by atoms with Crippen LogP contribution in [-0.4, -0.2) is 18.0 Å². The quantitative estimate of drug-likeness (QED) is 0.879. The van der Waals surface area contributed by atoms with Gasteiger partial charge in [-0.15, -0.1) is 0 Å². The number of benzene rings is 1. The lowest BCUT2D eigenvalue weighted by Crippen LogP contribution is -2.30. The predicted molar refractivity (Wildman–Crippen MR) is 73.4 cm³/mol. The topological polar surface area (TPSA) is 68.5 Å². The summed E-state index contributed by atoms with van der Waals surface area (Å²) in [4.78, 5) is 23.7. The first-order valence-electron chi connectivity index (χ1n) is 6.29. The number of hydrogen-bond donors (Lipinski definition) is 1. The van der Waals surface area contributed by atoms with Crippen LogP contribution in [0.2, 0.25) is 0 Å². The number of amides is 1. The summed E-state index contributed by atoms with van der Waals surface area (Å²) < 4.78 is 23.4. The second-order valence-corrected chi connectivity index (χ2v) is 4.41. The van der Waals surface area contributed by atoms with E-state index in [2.05, 4.69) is 5.32 Å². The molecule has 0 unspecified atom stereocenters. The maximum Gasteiger partial charge on any atom is 0.342 e. The van der Waals surface area contributed by atoms with Gasteiger partial charge in [-0.2, -0.15) is 0 Å². The Morgan fingerprint density at radius 3 is 2.62 bits per heavy atom. The number of halogens is 1. The Hall–Kier alpha value is -2.63. The zero-order chi connectivity index (χ0) is 15.4. The number of esters is 1. The van der Waals surface area contributed by atoms with Crippen LogP contribution in [0, 0.1) is 12.7 Å². The molecule has 21 heavy (non-hydrogen) atoms. The van der Waals surface area contributed by atoms with Gasteiger partial charge in [0.15, 0.2) is 6.10 Å². The first-order valence-corrected chi connectivity index (χ1v) is 6.29. The SMILES string of the molecule is Cc1occc1C(=O)O[C@@H](C)C(=O)Nc1ccccc1F. The summed E-state index contributed by atoms with van der Waals surface area (Å²) in [5.41, 5.74) is 0.283. The summed E-state index contributed by atoms with van der Waals surface area (Å²) >= 11 is 0. The van der Waals surface area contributed by atoms with Crippen LogP contribution in [0.4, 0.5) is 10.1 Å². The first-order chi connectivity index (χ1) is 9.99. The van der Waals surface area contributed by atoms with Crippen LogP contribution in [0.3, 0.4) is 0 Å². The molecule has 1 heterocycles. The van der Waals surface area contributed by atoms with Crippen molar-refractivity contribution in [2.75, 3.05) is 5.32 Å². The van der Waals surface area contributed by atoms with Gasteiger partial charge in [0.1, 0.15) is 17.1 Å². The Kier molecular flexibility index (Phi) is 4.37. The fourth-order valence-corrected chi connectivity index (χ4v) is 1.67. The second-order valence-electron chi connectivity index (χ2n) is 4.41. The standard InChI is InChI=1S/C15H14FNO4/c1-9-11(7-8-20-9)15(19)21-10(2)14(18)17-13-6-4-3-5-12(13)16/h3-8,10H,1-2H3,(H,17,18)/t10-/m0/s1. The number of carbonyl (C=O) groups excluding carboxylic acids is 2. The lowest BCUT2D eigenvalue weighted by Gasteiger charge is -2.13. The summed E-state index contributed by atoms with van der Waals surface area (Å²) in [6.07, 6.45) is 0.294. The largest absolute Gasteiger partial charge is 0.469 e. The van der Waals surface area contributed by atoms with Crippen LogP contribution >= 0.6 is 0 Å². The summed E-state index contributed by atoms with van der Waals surface area (Å²) in [5, 5.41) is 2.36. The fraction of sp³-hybridized carbons (Fsp3) is 0.200. The molecule has 1 atom stereocenters. The number of ether oxygens (including phenoxy) is 1. The summed E-state index contributed by atoms with van der Waals surface area (Å²) in [6, 6.07) is 7.20. The predicted octanol–water partition coefficient (Wildman–Crippen LogP) is 2.91. The van der Waals surface area contributed by atoms with Gasteiger partial charge in [0, 0.05) is 0 Å². The number of hydrogen-bond acceptors (Lipinski definition) is 4. The Bertz CT molecular complexity index is 665. The van der Waals surface area contributed by atoms with Gasteiger partial charge in [0.25, 0.3) is 5.91 Å². The van der Waals surface area contributed by atoms with Crippen LogP contribution in [0.15, 0.2) is 41.0 Å². The van der Waals surface area contributed by atoms with Crippen molar-refractivity contribution < 1.29 is 23.1 Å². The molecule has 0 aliphatic rings. The Balaban J connectivity index is 1.99. The van der Waals surface area contributed by atoms with Crippen molar-refractivity contribution in [2.45, 2.75) is 20.0 Å². The number of carbonyl (C=O) groups is 2. The van der Waals surface area contributed by atoms with Gasteiger partial charge >= 0.3 is 5.97 Å². The Morgan fingerprint density at radius 1 is 1.29 bits per heavy atom. The highest BCUT2D eigenvalue weighted by molar-refractivity contribution is 5.97. The molecule has 0 spiro atoms. The average molecular weight is 291 g/mol. The summed E-state index contributed by atoms with van der Waals surface area (Å²) in [7, 11) is 0. The van der Waals surface area contributed by atoms with E-state index in [1.54, 1.807) is 13.0 Å². The monoisotopic (exact) mass is 291 g/mol. The van der Waals surface area contributed by atoms with E-state index in [1.807, 2.05) is 0 Å². The third kappa shape index (κ3) is 3.47. The van der Waals surface area contributed by atoms with Crippen molar-refractivity contribution in [3.8, 4) is 0 Å². The molecule has 0 bridgehead atoms. The van der Waals surface area contributed by atoms with E-state index in [0.29, 0.717) is 5.76 Å². The zero-order valence-electron chi connectivity index (χ0n) is 11.6. The van der Waals surface area contributed by atoms with Gasteiger partial charge in [0.2, 0.25) is 0 Å². The summed E-state index contributed by atoms with van der Waals surface area (Å²) in [6.45, 7) is 3.02. The van der Waals surface area contributed by atoms with E-state index < -0.39 is 23.8 Å². The van der Waals surface area contributed by atoms with E-state index in [4.69, 9.17) is 9.15 Å². The molecule has 1 aromatic heterocycles. The maximum atomic E-state index is 13.4. The minimum atomic E-state index is -1.06. The molecule has 2 rings (SSSR count). The molecule has 6 heteroatoms. The Labute approximate surface area is 120 Å². The van der Waals surface area contributed by atoms with Gasteiger partial charge in [0.05, 0.1) is 12.0 Å². The molecule has 1 aromatic carbocycles. The number of furan rings is 1. The second kappa shape index (κ2) is 6.21. The van der Waals surface area contributed by atoms with Crippen molar-refractivity contribution in [1.29, 1.82) is 0 Å². The number of aryl methyl sites for hydroxylation is 1. The molecular weight excluding hydrogens is 277 g/mol. The highest BCUT2D eigenvalue weighted by Gasteiger charge is 2.21. The number of nitrogens with one attached hydrogen (secondary N) is 1. The van der Waals surface area contributed by atoms with Crippen molar-refractivity contribution in [3.05, 3.63) is 53.7 Å². The average Bonchev–Trinajstić information content (AvgIpc) is 2.87. The van der Waals surface area contributed by atoms with Crippen molar-refractivity contribution in [3.63, 3.8) is 0 Å². The number of para-hydroxylation sites is 1. The van der Waals surface area contributed by atoms with Crippen LogP contribution in [0.5, 0.6) is 0 Å². The molecule has 0 radical (unpaired) electrons. The molecule has 0 saturated heterocycles. The molecule has 0 fully saturated rings. The number of anilines is 1. The molecule has 1 amide bonds. The van der Waals surface area contributed by atoms with Crippen LogP contribution in [0.25, 0.3) is 0 Å². The normalized spacial score (nSPS) is 11.8. The minimum absolute atomic E-state index is 0.0323. The van der Waals surface area contributed by atoms with Crippen LogP contribution < -0.4 is 5.32 Å². The minimum Gasteiger partial charge on any atom is -0.469 e. The van der Waals surface area contributed by atoms with E-state index in [9.17, 15) is 14.0 Å². The van der Waals surface area contributed by atoms with E-state index >= 15 is 0 Å². The molecule has 0 saturated carbocycles. The molecule has 2 aromatic rings. The van der Waals surface area contributed by atoms with Crippen molar-refractivity contribution in [2.24, 2.45) is 0 Å². The Morgan fingerprint density at radius 2 is 2.00 bits per heavy atom. The highest BCUT2D eigenvalue weighted by Crippen LogP contribution is 2.14. The van der Waals surface area contributed by atoms with Gasteiger partial charge in [-0.3, -0.25) is 4.79 Å². The molecule has 110 valence electrons. The molecule has 0 aliphatic carbocycles. The van der Waals surface area contributed by atoms with Crippen LogP contribution in [0.1, 0.15) is 23.0 Å². The first kappa shape index (κ1) is 14.8. The lowest BCUT2D eigenvalue weighted by molar-refractivity contribution is -0.123. The molecule has 1 N–H and O–H groups in total. The summed E-state index contributed by atoms with van der Waals surface area (Å²) in [5.74, 6) is -1.44. The lowest BCUT2D eigenvalue weighted by atomic mass is 10.2. The van der Waals surface area contributed by atoms with Crippen molar-refractivity contribution in [1.82, 2.24) is 0 Å². The smallest absolute Gasteiger partial charge is 0.342 e. The fourth-order valence-electron chi connectivity index (χ4n) is 1.67.